The fourth-order valence-corrected chi connectivity index (χ4v) is 2.06. The van der Waals surface area contributed by atoms with Crippen LogP contribution in [0.1, 0.15) is 5.56 Å². The summed E-state index contributed by atoms with van der Waals surface area (Å²) >= 11 is 3.34. The quantitative estimate of drug-likeness (QED) is 0.847. The lowest BCUT2D eigenvalue weighted by atomic mass is 10.1. The van der Waals surface area contributed by atoms with Gasteiger partial charge in [0.15, 0.2) is 0 Å². The van der Waals surface area contributed by atoms with Gasteiger partial charge in [-0.3, -0.25) is 0 Å². The van der Waals surface area contributed by atoms with Gasteiger partial charge in [-0.1, -0.05) is 22.0 Å². The molecule has 2 aromatic carbocycles. The van der Waals surface area contributed by atoms with E-state index in [9.17, 15) is 0 Å². The molecule has 19 heavy (non-hydrogen) atoms. The Bertz CT molecular complexity index is 650. The lowest BCUT2D eigenvalue weighted by Crippen LogP contribution is -2.00. The molecule has 0 saturated heterocycles. The van der Waals surface area contributed by atoms with Gasteiger partial charge in [-0.15, -0.1) is 0 Å². The highest BCUT2D eigenvalue weighted by atomic mass is 79.9. The Morgan fingerprint density at radius 1 is 1.26 bits per heavy atom. The van der Waals surface area contributed by atoms with E-state index < -0.39 is 0 Å². The van der Waals surface area contributed by atoms with Crippen LogP contribution >= 0.6 is 15.9 Å². The summed E-state index contributed by atoms with van der Waals surface area (Å²) in [4.78, 5) is 0. The first-order valence-electron chi connectivity index (χ1n) is 5.55. The molecule has 0 aliphatic rings. The van der Waals surface area contributed by atoms with Crippen LogP contribution in [-0.2, 0) is 0 Å². The second kappa shape index (κ2) is 5.63. The average molecular weight is 318 g/mol. The zero-order valence-electron chi connectivity index (χ0n) is 10.3. The van der Waals surface area contributed by atoms with Crippen LogP contribution in [-0.4, -0.2) is 7.11 Å². The molecule has 96 valence electrons. The maximum atomic E-state index is 9.12. The van der Waals surface area contributed by atoms with Gasteiger partial charge < -0.3 is 15.8 Å². The maximum absolute atomic E-state index is 9.12. The van der Waals surface area contributed by atoms with Gasteiger partial charge in [0.25, 0.3) is 0 Å². The van der Waals surface area contributed by atoms with Crippen LogP contribution in [0.15, 0.2) is 40.9 Å². The van der Waals surface area contributed by atoms with Crippen molar-refractivity contribution in [3.63, 3.8) is 0 Å². The van der Waals surface area contributed by atoms with Gasteiger partial charge in [0.1, 0.15) is 11.8 Å². The molecule has 0 bridgehead atoms. The fourth-order valence-electron chi connectivity index (χ4n) is 1.69. The number of nitrogens with one attached hydrogen (secondary N) is 1. The third-order valence-electron chi connectivity index (χ3n) is 2.66. The van der Waals surface area contributed by atoms with Gasteiger partial charge in [0.2, 0.25) is 0 Å². The molecule has 0 fully saturated rings. The van der Waals surface area contributed by atoms with E-state index in [1.54, 1.807) is 19.2 Å². The van der Waals surface area contributed by atoms with Crippen molar-refractivity contribution in [1.82, 2.24) is 0 Å². The van der Waals surface area contributed by atoms with Crippen LogP contribution in [0, 0.1) is 11.3 Å². The maximum Gasteiger partial charge on any atom is 0.143 e. The van der Waals surface area contributed by atoms with Crippen molar-refractivity contribution >= 4 is 33.0 Å². The van der Waals surface area contributed by atoms with E-state index in [1.807, 2.05) is 24.3 Å². The number of nitriles is 1. The monoisotopic (exact) mass is 317 g/mol. The zero-order valence-corrected chi connectivity index (χ0v) is 11.9. The SMILES string of the molecule is COc1cccc(Nc2ccc(Br)cc2C#N)c1N. The van der Waals surface area contributed by atoms with Crippen molar-refractivity contribution < 1.29 is 4.74 Å². The Morgan fingerprint density at radius 2 is 2.05 bits per heavy atom. The van der Waals surface area contributed by atoms with Crippen molar-refractivity contribution in [2.45, 2.75) is 0 Å². The van der Waals surface area contributed by atoms with Crippen LogP contribution in [0.25, 0.3) is 0 Å². The van der Waals surface area contributed by atoms with Crippen molar-refractivity contribution in [2.75, 3.05) is 18.2 Å². The Hall–Kier alpha value is -2.19. The van der Waals surface area contributed by atoms with Gasteiger partial charge >= 0.3 is 0 Å². The Labute approximate surface area is 119 Å². The molecule has 0 unspecified atom stereocenters. The van der Waals surface area contributed by atoms with Crippen molar-refractivity contribution in [3.05, 3.63) is 46.4 Å². The molecule has 0 heterocycles. The number of benzene rings is 2. The van der Waals surface area contributed by atoms with Gasteiger partial charge in [-0.25, -0.2) is 0 Å². The number of hydrogen-bond acceptors (Lipinski definition) is 4. The zero-order chi connectivity index (χ0) is 13.8. The minimum Gasteiger partial charge on any atom is -0.495 e. The Balaban J connectivity index is 2.40. The largest absolute Gasteiger partial charge is 0.495 e. The smallest absolute Gasteiger partial charge is 0.143 e. The van der Waals surface area contributed by atoms with Crippen LogP contribution in [0.4, 0.5) is 17.1 Å². The molecule has 4 nitrogen and oxygen atoms in total. The normalized spacial score (nSPS) is 9.74. The summed E-state index contributed by atoms with van der Waals surface area (Å²) in [5, 5.41) is 12.3. The number of nitrogen functional groups attached to an aromatic ring is 1. The topological polar surface area (TPSA) is 71.1 Å². The van der Waals surface area contributed by atoms with Crippen LogP contribution in [0.3, 0.4) is 0 Å². The van der Waals surface area contributed by atoms with Gasteiger partial charge in [0.05, 0.1) is 29.7 Å². The van der Waals surface area contributed by atoms with E-state index >= 15 is 0 Å². The first kappa shape index (κ1) is 13.2. The van der Waals surface area contributed by atoms with Crippen molar-refractivity contribution in [1.29, 1.82) is 5.26 Å². The van der Waals surface area contributed by atoms with Crippen molar-refractivity contribution in [2.24, 2.45) is 0 Å². The highest BCUT2D eigenvalue weighted by Crippen LogP contribution is 2.32. The van der Waals surface area contributed by atoms with E-state index in [1.165, 1.54) is 0 Å². The highest BCUT2D eigenvalue weighted by molar-refractivity contribution is 9.10. The lowest BCUT2D eigenvalue weighted by Gasteiger charge is -2.13. The molecule has 0 radical (unpaired) electrons. The third-order valence-corrected chi connectivity index (χ3v) is 3.15. The van der Waals surface area contributed by atoms with E-state index in [0.717, 1.165) is 4.47 Å². The number of hydrogen-bond donors (Lipinski definition) is 2. The van der Waals surface area contributed by atoms with Crippen LogP contribution in [0.2, 0.25) is 0 Å². The summed E-state index contributed by atoms with van der Waals surface area (Å²) in [5.74, 6) is 0.598. The van der Waals surface area contributed by atoms with E-state index in [-0.39, 0.29) is 0 Å². The summed E-state index contributed by atoms with van der Waals surface area (Å²) in [6, 6.07) is 13.0. The number of nitrogens with two attached hydrogens (primary N) is 1. The third kappa shape index (κ3) is 2.80. The summed E-state index contributed by atoms with van der Waals surface area (Å²) in [6.07, 6.45) is 0. The second-order valence-corrected chi connectivity index (χ2v) is 4.76. The Morgan fingerprint density at radius 3 is 2.74 bits per heavy atom. The summed E-state index contributed by atoms with van der Waals surface area (Å²) in [7, 11) is 1.57. The fraction of sp³-hybridized carbons (Fsp3) is 0.0714. The molecular formula is C14H12BrN3O. The molecule has 0 amide bonds. The molecule has 0 aliphatic heterocycles. The van der Waals surface area contributed by atoms with E-state index in [0.29, 0.717) is 28.4 Å². The van der Waals surface area contributed by atoms with Crippen LogP contribution in [0.5, 0.6) is 5.75 Å². The molecule has 2 aromatic rings. The van der Waals surface area contributed by atoms with E-state index in [2.05, 4.69) is 27.3 Å². The molecule has 3 N–H and O–H groups in total. The number of ether oxygens (including phenoxy) is 1. The molecule has 0 spiro atoms. The van der Waals surface area contributed by atoms with E-state index in [4.69, 9.17) is 15.7 Å². The molecule has 2 rings (SSSR count). The first-order chi connectivity index (χ1) is 9.15. The predicted molar refractivity (Wildman–Crippen MR) is 79.5 cm³/mol. The highest BCUT2D eigenvalue weighted by Gasteiger charge is 2.08. The van der Waals surface area contributed by atoms with Gasteiger partial charge in [-0.2, -0.15) is 5.26 Å². The number of halogens is 1. The average Bonchev–Trinajstić information content (AvgIpc) is 2.42. The number of para-hydroxylation sites is 1. The minimum atomic E-state index is 0.511. The molecular weight excluding hydrogens is 306 g/mol. The molecule has 0 aliphatic carbocycles. The van der Waals surface area contributed by atoms with Gasteiger partial charge in [0, 0.05) is 4.47 Å². The number of nitrogens with zero attached hydrogens (tertiary/aromatic N) is 1. The lowest BCUT2D eigenvalue weighted by molar-refractivity contribution is 0.417. The van der Waals surface area contributed by atoms with Gasteiger partial charge in [-0.05, 0) is 30.3 Å². The molecule has 0 atom stereocenters. The molecule has 0 aromatic heterocycles. The predicted octanol–water partition coefficient (Wildman–Crippen LogP) is 3.66. The van der Waals surface area contributed by atoms with Crippen molar-refractivity contribution in [3.8, 4) is 11.8 Å². The Kier molecular flexibility index (Phi) is 3.93. The first-order valence-corrected chi connectivity index (χ1v) is 6.34. The van der Waals surface area contributed by atoms with Crippen LogP contribution < -0.4 is 15.8 Å². The molecule has 5 heteroatoms. The second-order valence-electron chi connectivity index (χ2n) is 3.85. The number of methoxy groups -OCH3 is 1. The summed E-state index contributed by atoms with van der Waals surface area (Å²) in [5.41, 5.74) is 8.44. The summed E-state index contributed by atoms with van der Waals surface area (Å²) in [6.45, 7) is 0. The standard InChI is InChI=1S/C14H12BrN3O/c1-19-13-4-2-3-12(14(13)17)18-11-6-5-10(15)7-9(11)8-16/h2-7,18H,17H2,1H3. The minimum absolute atomic E-state index is 0.511. The molecule has 0 saturated carbocycles. The number of rotatable bonds is 3. The summed E-state index contributed by atoms with van der Waals surface area (Å²) < 4.78 is 6.02. The number of anilines is 3.